The molecule has 24 heavy (non-hydrogen) atoms. The number of ether oxygens (including phenoxy) is 1. The highest BCUT2D eigenvalue weighted by Gasteiger charge is 2.16. The minimum absolute atomic E-state index is 0.00981. The van der Waals surface area contributed by atoms with E-state index in [2.05, 4.69) is 0 Å². The van der Waals surface area contributed by atoms with Crippen LogP contribution >= 0.6 is 0 Å². The van der Waals surface area contributed by atoms with E-state index in [9.17, 15) is 9.59 Å². The Labute approximate surface area is 147 Å². The molecule has 0 bridgehead atoms. The minimum Gasteiger partial charge on any atom is -0.481 e. The van der Waals surface area contributed by atoms with Gasteiger partial charge in [0, 0.05) is 12.8 Å². The SMILES string of the molecule is CCCC(=O)OC1CCCCC1.O=C(O)CCCC1CCCCC1. The predicted molar refractivity (Wildman–Crippen MR) is 95.9 cm³/mol. The molecular formula is C20H36O4. The van der Waals surface area contributed by atoms with Crippen LogP contribution in [0.3, 0.4) is 0 Å². The second-order valence-corrected chi connectivity index (χ2v) is 7.29. The van der Waals surface area contributed by atoms with E-state index in [0.29, 0.717) is 12.8 Å². The summed E-state index contributed by atoms with van der Waals surface area (Å²) in [7, 11) is 0. The standard InChI is InChI=1S/2C10H18O2/c1-2-6-10(11)12-9-7-4-3-5-8-9;11-10(12)8-4-7-9-5-2-1-3-6-9/h9H,2-8H2,1H3;9H,1-8H2,(H,11,12). The molecule has 4 nitrogen and oxygen atoms in total. The summed E-state index contributed by atoms with van der Waals surface area (Å²) in [6.07, 6.45) is 16.8. The van der Waals surface area contributed by atoms with Gasteiger partial charge in [-0.15, -0.1) is 0 Å². The number of carboxylic acid groups (broad SMARTS) is 1. The van der Waals surface area contributed by atoms with E-state index in [1.165, 1.54) is 51.4 Å². The van der Waals surface area contributed by atoms with Crippen molar-refractivity contribution in [2.24, 2.45) is 5.92 Å². The third kappa shape index (κ3) is 10.7. The normalized spacial score (nSPS) is 19.2. The van der Waals surface area contributed by atoms with E-state index in [1.807, 2.05) is 6.92 Å². The van der Waals surface area contributed by atoms with Crippen molar-refractivity contribution in [2.45, 2.75) is 109 Å². The molecule has 2 fully saturated rings. The predicted octanol–water partition coefficient (Wildman–Crippen LogP) is 5.48. The number of carbonyl (C=O) groups is 2. The molecule has 0 amide bonds. The lowest BCUT2D eigenvalue weighted by Crippen LogP contribution is -2.20. The lowest BCUT2D eigenvalue weighted by Gasteiger charge is -2.21. The lowest BCUT2D eigenvalue weighted by atomic mass is 9.86. The van der Waals surface area contributed by atoms with Crippen LogP contribution in [0.15, 0.2) is 0 Å². The third-order valence-corrected chi connectivity index (χ3v) is 5.03. The van der Waals surface area contributed by atoms with Crippen molar-refractivity contribution in [2.75, 3.05) is 0 Å². The van der Waals surface area contributed by atoms with Crippen molar-refractivity contribution < 1.29 is 19.4 Å². The molecule has 140 valence electrons. The molecule has 0 radical (unpaired) electrons. The van der Waals surface area contributed by atoms with Crippen molar-refractivity contribution in [3.8, 4) is 0 Å². The van der Waals surface area contributed by atoms with Crippen molar-refractivity contribution in [1.82, 2.24) is 0 Å². The molecule has 0 saturated heterocycles. The molecule has 0 spiro atoms. The maximum Gasteiger partial charge on any atom is 0.306 e. The highest BCUT2D eigenvalue weighted by molar-refractivity contribution is 5.69. The van der Waals surface area contributed by atoms with Gasteiger partial charge >= 0.3 is 11.9 Å². The molecule has 0 heterocycles. The van der Waals surface area contributed by atoms with Gasteiger partial charge in [0.15, 0.2) is 0 Å². The van der Waals surface area contributed by atoms with Crippen LogP contribution in [0.25, 0.3) is 0 Å². The zero-order valence-electron chi connectivity index (χ0n) is 15.4. The maximum atomic E-state index is 11.1. The van der Waals surface area contributed by atoms with Gasteiger partial charge in [0.25, 0.3) is 0 Å². The first-order valence-electron chi connectivity index (χ1n) is 10.0. The average Bonchev–Trinajstić information content (AvgIpc) is 2.57. The highest BCUT2D eigenvalue weighted by Crippen LogP contribution is 2.27. The molecule has 0 aliphatic heterocycles. The highest BCUT2D eigenvalue weighted by atomic mass is 16.5. The molecule has 2 aliphatic rings. The summed E-state index contributed by atoms with van der Waals surface area (Å²) in [6, 6.07) is 0. The molecule has 2 saturated carbocycles. The first kappa shape index (κ1) is 21.0. The Bertz CT molecular complexity index is 342. The molecule has 0 aromatic carbocycles. The van der Waals surface area contributed by atoms with Crippen LogP contribution in [0, 0.1) is 5.92 Å². The largest absolute Gasteiger partial charge is 0.481 e. The topological polar surface area (TPSA) is 63.6 Å². The van der Waals surface area contributed by atoms with Gasteiger partial charge in [-0.1, -0.05) is 45.4 Å². The number of rotatable bonds is 7. The summed E-state index contributed by atoms with van der Waals surface area (Å²) in [5.74, 6) is 0.174. The van der Waals surface area contributed by atoms with E-state index in [-0.39, 0.29) is 12.1 Å². The van der Waals surface area contributed by atoms with Gasteiger partial charge in [0.1, 0.15) is 6.10 Å². The summed E-state index contributed by atoms with van der Waals surface area (Å²) in [6.45, 7) is 2.00. The Hall–Kier alpha value is -1.06. The average molecular weight is 341 g/mol. The first-order chi connectivity index (χ1) is 11.6. The fourth-order valence-corrected chi connectivity index (χ4v) is 3.65. The van der Waals surface area contributed by atoms with Gasteiger partial charge in [-0.25, -0.2) is 0 Å². The Morgan fingerprint density at radius 3 is 2.04 bits per heavy atom. The summed E-state index contributed by atoms with van der Waals surface area (Å²) in [4.78, 5) is 21.3. The number of hydrogen-bond donors (Lipinski definition) is 1. The number of esters is 1. The van der Waals surface area contributed by atoms with E-state index < -0.39 is 5.97 Å². The number of hydrogen-bond acceptors (Lipinski definition) is 3. The Balaban J connectivity index is 0.000000240. The lowest BCUT2D eigenvalue weighted by molar-refractivity contribution is -0.150. The second-order valence-electron chi connectivity index (χ2n) is 7.29. The summed E-state index contributed by atoms with van der Waals surface area (Å²) in [5.41, 5.74) is 0. The van der Waals surface area contributed by atoms with Crippen molar-refractivity contribution >= 4 is 11.9 Å². The van der Waals surface area contributed by atoms with Crippen LogP contribution in [0.5, 0.6) is 0 Å². The van der Waals surface area contributed by atoms with E-state index in [1.54, 1.807) is 0 Å². The van der Waals surface area contributed by atoms with E-state index in [0.717, 1.165) is 38.0 Å². The van der Waals surface area contributed by atoms with E-state index >= 15 is 0 Å². The van der Waals surface area contributed by atoms with Crippen molar-refractivity contribution in [3.05, 3.63) is 0 Å². The smallest absolute Gasteiger partial charge is 0.306 e. The van der Waals surface area contributed by atoms with Gasteiger partial charge in [0.2, 0.25) is 0 Å². The zero-order valence-corrected chi connectivity index (χ0v) is 15.4. The summed E-state index contributed by atoms with van der Waals surface area (Å²) >= 11 is 0. The maximum absolute atomic E-state index is 11.1. The number of aliphatic carboxylic acids is 1. The molecule has 0 unspecified atom stereocenters. The Morgan fingerprint density at radius 1 is 0.917 bits per heavy atom. The van der Waals surface area contributed by atoms with Crippen molar-refractivity contribution in [3.63, 3.8) is 0 Å². The minimum atomic E-state index is -0.647. The van der Waals surface area contributed by atoms with Gasteiger partial charge in [-0.05, 0) is 50.9 Å². The zero-order chi connectivity index (χ0) is 17.6. The van der Waals surface area contributed by atoms with Gasteiger partial charge in [-0.2, -0.15) is 0 Å². The molecule has 0 aromatic rings. The number of carbonyl (C=O) groups excluding carboxylic acids is 1. The second kappa shape index (κ2) is 13.3. The van der Waals surface area contributed by atoms with Crippen LogP contribution < -0.4 is 0 Å². The van der Waals surface area contributed by atoms with Crippen LogP contribution in [0.4, 0.5) is 0 Å². The first-order valence-corrected chi connectivity index (χ1v) is 10.0. The van der Waals surface area contributed by atoms with Gasteiger partial charge < -0.3 is 9.84 Å². The van der Waals surface area contributed by atoms with Crippen LogP contribution in [0.2, 0.25) is 0 Å². The molecular weight excluding hydrogens is 304 g/mol. The fraction of sp³-hybridized carbons (Fsp3) is 0.900. The Kier molecular flexibility index (Phi) is 11.6. The monoisotopic (exact) mass is 340 g/mol. The van der Waals surface area contributed by atoms with Gasteiger partial charge in [0.05, 0.1) is 0 Å². The molecule has 4 heteroatoms. The molecule has 1 N–H and O–H groups in total. The summed E-state index contributed by atoms with van der Waals surface area (Å²) in [5, 5.41) is 8.44. The van der Waals surface area contributed by atoms with E-state index in [4.69, 9.17) is 9.84 Å². The van der Waals surface area contributed by atoms with Gasteiger partial charge in [-0.3, -0.25) is 9.59 Å². The third-order valence-electron chi connectivity index (χ3n) is 5.03. The quantitative estimate of drug-likeness (QED) is 0.623. The summed E-state index contributed by atoms with van der Waals surface area (Å²) < 4.78 is 5.29. The van der Waals surface area contributed by atoms with Crippen LogP contribution in [-0.2, 0) is 14.3 Å². The van der Waals surface area contributed by atoms with Crippen LogP contribution in [0.1, 0.15) is 103 Å². The molecule has 2 aliphatic carbocycles. The Morgan fingerprint density at radius 2 is 1.50 bits per heavy atom. The number of carboxylic acids is 1. The fourth-order valence-electron chi connectivity index (χ4n) is 3.65. The molecule has 2 rings (SSSR count). The molecule has 0 atom stereocenters. The van der Waals surface area contributed by atoms with Crippen LogP contribution in [-0.4, -0.2) is 23.1 Å². The van der Waals surface area contributed by atoms with Crippen molar-refractivity contribution in [1.29, 1.82) is 0 Å². The molecule has 0 aromatic heterocycles.